The summed E-state index contributed by atoms with van der Waals surface area (Å²) in [6.07, 6.45) is -4.22. The number of rotatable bonds is 1. The Morgan fingerprint density at radius 2 is 2.17 bits per heavy atom. The molecule has 1 heterocycles. The van der Waals surface area contributed by atoms with Crippen molar-refractivity contribution in [2.45, 2.75) is 32.2 Å². The Labute approximate surface area is 102 Å². The predicted octanol–water partition coefficient (Wildman–Crippen LogP) is 2.65. The van der Waals surface area contributed by atoms with Crippen LogP contribution in [0.1, 0.15) is 18.1 Å². The number of ether oxygens (including phenoxy) is 1. The molecule has 0 aliphatic carbocycles. The summed E-state index contributed by atoms with van der Waals surface area (Å²) in [7, 11) is 0. The summed E-state index contributed by atoms with van der Waals surface area (Å²) in [5, 5.41) is 1.88. The van der Waals surface area contributed by atoms with Gasteiger partial charge in [0, 0.05) is 11.3 Å². The maximum atomic E-state index is 12.2. The fraction of sp³-hybridized carbons (Fsp3) is 0.417. The molecule has 6 heteroatoms. The minimum absolute atomic E-state index is 0.0334. The lowest BCUT2D eigenvalue weighted by molar-refractivity contribution is -0.167. The Kier molecular flexibility index (Phi) is 3.30. The van der Waals surface area contributed by atoms with Gasteiger partial charge in [0.1, 0.15) is 0 Å². The standard InChI is InChI=1S/C12H12F3NO2/c1-7-5-8-3-2-4-10(9(8)6-18-7)16-11(17)12(13,14)15/h2-4,7H,5-6H2,1H3,(H,16,17). The molecule has 1 aromatic rings. The maximum Gasteiger partial charge on any atom is 0.471 e. The third kappa shape index (κ3) is 2.64. The highest BCUT2D eigenvalue weighted by Crippen LogP contribution is 2.28. The van der Waals surface area contributed by atoms with Gasteiger partial charge in [0.05, 0.1) is 12.7 Å². The summed E-state index contributed by atoms with van der Waals surface area (Å²) in [6, 6.07) is 4.91. The van der Waals surface area contributed by atoms with E-state index in [2.05, 4.69) is 0 Å². The number of benzene rings is 1. The molecule has 1 amide bonds. The number of amides is 1. The number of carbonyl (C=O) groups excluding carboxylic acids is 1. The second-order valence-corrected chi connectivity index (χ2v) is 4.22. The summed E-state index contributed by atoms with van der Waals surface area (Å²) in [4.78, 5) is 10.9. The first-order chi connectivity index (χ1) is 8.38. The Balaban J connectivity index is 2.25. The fourth-order valence-corrected chi connectivity index (χ4v) is 1.90. The Hall–Kier alpha value is -1.56. The molecule has 1 unspecified atom stereocenters. The third-order valence-corrected chi connectivity index (χ3v) is 2.80. The van der Waals surface area contributed by atoms with Crippen molar-refractivity contribution < 1.29 is 22.7 Å². The van der Waals surface area contributed by atoms with Gasteiger partial charge < -0.3 is 10.1 Å². The number of hydrogen-bond donors (Lipinski definition) is 1. The Morgan fingerprint density at radius 3 is 2.83 bits per heavy atom. The van der Waals surface area contributed by atoms with Gasteiger partial charge in [0.2, 0.25) is 0 Å². The predicted molar refractivity (Wildman–Crippen MR) is 59.1 cm³/mol. The molecule has 1 aliphatic heterocycles. The van der Waals surface area contributed by atoms with Crippen LogP contribution >= 0.6 is 0 Å². The van der Waals surface area contributed by atoms with Gasteiger partial charge in [-0.15, -0.1) is 0 Å². The van der Waals surface area contributed by atoms with Gasteiger partial charge in [-0.05, 0) is 25.0 Å². The molecule has 18 heavy (non-hydrogen) atoms. The Morgan fingerprint density at radius 1 is 1.44 bits per heavy atom. The number of alkyl halides is 3. The van der Waals surface area contributed by atoms with Crippen molar-refractivity contribution in [1.29, 1.82) is 0 Å². The molecule has 0 fully saturated rings. The average molecular weight is 259 g/mol. The number of nitrogens with one attached hydrogen (secondary N) is 1. The highest BCUT2D eigenvalue weighted by Gasteiger charge is 2.39. The van der Waals surface area contributed by atoms with E-state index < -0.39 is 12.1 Å². The lowest BCUT2D eigenvalue weighted by atomic mass is 9.98. The number of carbonyl (C=O) groups is 1. The van der Waals surface area contributed by atoms with Crippen LogP contribution < -0.4 is 5.32 Å². The van der Waals surface area contributed by atoms with Gasteiger partial charge in [-0.1, -0.05) is 12.1 Å². The van der Waals surface area contributed by atoms with Crippen LogP contribution in [-0.4, -0.2) is 18.2 Å². The lowest BCUT2D eigenvalue weighted by Gasteiger charge is -2.24. The fourth-order valence-electron chi connectivity index (χ4n) is 1.90. The van der Waals surface area contributed by atoms with Crippen LogP contribution in [0.5, 0.6) is 0 Å². The van der Waals surface area contributed by atoms with Gasteiger partial charge in [0.25, 0.3) is 0 Å². The summed E-state index contributed by atoms with van der Waals surface area (Å²) in [5.41, 5.74) is 1.70. The van der Waals surface area contributed by atoms with Gasteiger partial charge in [-0.3, -0.25) is 4.79 Å². The van der Waals surface area contributed by atoms with Crippen molar-refractivity contribution in [1.82, 2.24) is 0 Å². The number of anilines is 1. The topological polar surface area (TPSA) is 38.3 Å². The first-order valence-electron chi connectivity index (χ1n) is 5.48. The van der Waals surface area contributed by atoms with Gasteiger partial charge >= 0.3 is 12.1 Å². The second-order valence-electron chi connectivity index (χ2n) is 4.22. The van der Waals surface area contributed by atoms with Crippen LogP contribution in [0, 0.1) is 0 Å². The normalized spacial score (nSPS) is 19.2. The maximum absolute atomic E-state index is 12.2. The molecular formula is C12H12F3NO2. The van der Waals surface area contributed by atoms with Crippen LogP contribution in [0.3, 0.4) is 0 Å². The van der Waals surface area contributed by atoms with E-state index in [-0.39, 0.29) is 18.4 Å². The van der Waals surface area contributed by atoms with E-state index in [4.69, 9.17) is 4.74 Å². The number of halogens is 3. The lowest BCUT2D eigenvalue weighted by Crippen LogP contribution is -2.31. The van der Waals surface area contributed by atoms with Crippen molar-refractivity contribution >= 4 is 11.6 Å². The minimum Gasteiger partial charge on any atom is -0.373 e. The molecule has 0 saturated carbocycles. The summed E-state index contributed by atoms with van der Waals surface area (Å²) in [6.45, 7) is 2.11. The van der Waals surface area contributed by atoms with Crippen LogP contribution in [0.15, 0.2) is 18.2 Å². The van der Waals surface area contributed by atoms with Crippen LogP contribution in [0.25, 0.3) is 0 Å². The number of fused-ring (bicyclic) bond motifs is 1. The van der Waals surface area contributed by atoms with Crippen LogP contribution in [0.2, 0.25) is 0 Å². The monoisotopic (exact) mass is 259 g/mol. The molecule has 0 aromatic heterocycles. The first kappa shape index (κ1) is 12.9. The minimum atomic E-state index is -4.88. The quantitative estimate of drug-likeness (QED) is 0.842. The highest BCUT2D eigenvalue weighted by atomic mass is 19.4. The van der Waals surface area contributed by atoms with E-state index in [0.29, 0.717) is 12.0 Å². The van der Waals surface area contributed by atoms with E-state index in [1.807, 2.05) is 18.3 Å². The zero-order valence-electron chi connectivity index (χ0n) is 9.67. The van der Waals surface area contributed by atoms with Crippen molar-refractivity contribution in [3.05, 3.63) is 29.3 Å². The van der Waals surface area contributed by atoms with Crippen molar-refractivity contribution in [2.24, 2.45) is 0 Å². The summed E-state index contributed by atoms with van der Waals surface area (Å²) < 4.78 is 41.9. The molecule has 1 aromatic carbocycles. The molecule has 0 saturated heterocycles. The molecule has 0 radical (unpaired) electrons. The molecule has 1 N–H and O–H groups in total. The molecule has 1 atom stereocenters. The first-order valence-corrected chi connectivity index (χ1v) is 5.48. The van der Waals surface area contributed by atoms with Gasteiger partial charge in [-0.2, -0.15) is 13.2 Å². The third-order valence-electron chi connectivity index (χ3n) is 2.80. The molecule has 2 rings (SSSR count). The largest absolute Gasteiger partial charge is 0.471 e. The zero-order valence-corrected chi connectivity index (χ0v) is 9.67. The molecule has 3 nitrogen and oxygen atoms in total. The SMILES string of the molecule is CC1Cc2cccc(NC(=O)C(F)(F)F)c2CO1. The average Bonchev–Trinajstić information content (AvgIpc) is 2.27. The van der Waals surface area contributed by atoms with Crippen LogP contribution in [0.4, 0.5) is 18.9 Å². The van der Waals surface area contributed by atoms with Gasteiger partial charge in [-0.25, -0.2) is 0 Å². The number of hydrogen-bond acceptors (Lipinski definition) is 2. The molecule has 0 spiro atoms. The van der Waals surface area contributed by atoms with E-state index in [1.165, 1.54) is 6.07 Å². The molecular weight excluding hydrogens is 247 g/mol. The summed E-state index contributed by atoms with van der Waals surface area (Å²) in [5.74, 6) is -1.96. The molecule has 98 valence electrons. The van der Waals surface area contributed by atoms with Gasteiger partial charge in [0.15, 0.2) is 0 Å². The summed E-state index contributed by atoms with van der Waals surface area (Å²) >= 11 is 0. The van der Waals surface area contributed by atoms with E-state index in [0.717, 1.165) is 5.56 Å². The zero-order chi connectivity index (χ0) is 13.3. The Bertz CT molecular complexity index is 471. The second kappa shape index (κ2) is 4.61. The molecule has 0 bridgehead atoms. The van der Waals surface area contributed by atoms with E-state index >= 15 is 0 Å². The van der Waals surface area contributed by atoms with E-state index in [1.54, 1.807) is 6.07 Å². The van der Waals surface area contributed by atoms with Crippen LogP contribution in [-0.2, 0) is 22.6 Å². The van der Waals surface area contributed by atoms with Crippen molar-refractivity contribution in [3.63, 3.8) is 0 Å². The van der Waals surface area contributed by atoms with E-state index in [9.17, 15) is 18.0 Å². The van der Waals surface area contributed by atoms with Crippen molar-refractivity contribution in [3.8, 4) is 0 Å². The van der Waals surface area contributed by atoms with Crippen molar-refractivity contribution in [2.75, 3.05) is 5.32 Å². The smallest absolute Gasteiger partial charge is 0.373 e. The molecule has 1 aliphatic rings. The highest BCUT2D eigenvalue weighted by molar-refractivity contribution is 5.95.